The Morgan fingerprint density at radius 2 is 2.28 bits per heavy atom. The third-order valence-corrected chi connectivity index (χ3v) is 3.32. The van der Waals surface area contributed by atoms with Crippen molar-refractivity contribution in [2.45, 2.75) is 38.9 Å². The summed E-state index contributed by atoms with van der Waals surface area (Å²) >= 11 is 0. The number of carbonyl (C=O) groups is 2. The van der Waals surface area contributed by atoms with Gasteiger partial charge in [0.15, 0.2) is 0 Å². The molecule has 0 radical (unpaired) electrons. The highest BCUT2D eigenvalue weighted by Gasteiger charge is 2.31. The average molecular weight is 250 g/mol. The minimum Gasteiger partial charge on any atom is -0.334 e. The summed E-state index contributed by atoms with van der Waals surface area (Å²) in [6, 6.07) is -0.270. The molecule has 1 aromatic rings. The van der Waals surface area contributed by atoms with Gasteiger partial charge in [0.2, 0.25) is 11.8 Å². The van der Waals surface area contributed by atoms with Crippen molar-refractivity contribution in [2.24, 2.45) is 0 Å². The smallest absolute Gasteiger partial charge is 0.246 e. The van der Waals surface area contributed by atoms with Gasteiger partial charge in [-0.2, -0.15) is 0 Å². The fourth-order valence-electron chi connectivity index (χ4n) is 2.11. The molecule has 6 heteroatoms. The Balaban J connectivity index is 1.94. The second-order valence-electron chi connectivity index (χ2n) is 4.43. The number of amides is 2. The van der Waals surface area contributed by atoms with Gasteiger partial charge in [0.1, 0.15) is 0 Å². The molecule has 0 spiro atoms. The third-order valence-electron chi connectivity index (χ3n) is 3.32. The summed E-state index contributed by atoms with van der Waals surface area (Å²) in [5.74, 6) is -0.245. The zero-order valence-corrected chi connectivity index (χ0v) is 10.7. The summed E-state index contributed by atoms with van der Waals surface area (Å²) in [6.45, 7) is 3.49. The molecule has 1 N–H and O–H groups in total. The summed E-state index contributed by atoms with van der Waals surface area (Å²) < 4.78 is 2.02. The van der Waals surface area contributed by atoms with E-state index in [-0.39, 0.29) is 17.9 Å². The van der Waals surface area contributed by atoms with E-state index in [1.165, 1.54) is 11.9 Å². The van der Waals surface area contributed by atoms with Gasteiger partial charge < -0.3 is 9.88 Å². The summed E-state index contributed by atoms with van der Waals surface area (Å²) in [7, 11) is 1.54. The molecule has 6 nitrogen and oxygen atoms in total. The Morgan fingerprint density at radius 3 is 3.00 bits per heavy atom. The van der Waals surface area contributed by atoms with E-state index >= 15 is 0 Å². The molecule has 1 unspecified atom stereocenters. The molecule has 1 aliphatic heterocycles. The lowest BCUT2D eigenvalue weighted by Crippen LogP contribution is -2.51. The van der Waals surface area contributed by atoms with Gasteiger partial charge in [-0.3, -0.25) is 14.5 Å². The first-order chi connectivity index (χ1) is 8.63. The summed E-state index contributed by atoms with van der Waals surface area (Å²) in [5, 5.41) is 3.20. The number of carbonyl (C=O) groups excluding carboxylic acids is 2. The first-order valence-electron chi connectivity index (χ1n) is 6.16. The predicted molar refractivity (Wildman–Crippen MR) is 65.5 cm³/mol. The number of nitrogens with zero attached hydrogens (tertiary/aromatic N) is 3. The zero-order chi connectivity index (χ0) is 13.1. The minimum absolute atomic E-state index is 0.100. The molecule has 1 saturated heterocycles. The van der Waals surface area contributed by atoms with Gasteiger partial charge in [-0.25, -0.2) is 4.98 Å². The molecule has 1 fully saturated rings. The molecule has 1 aliphatic rings. The monoisotopic (exact) mass is 250 g/mol. The molecule has 18 heavy (non-hydrogen) atoms. The van der Waals surface area contributed by atoms with Crippen LogP contribution in [0.15, 0.2) is 12.5 Å². The van der Waals surface area contributed by atoms with Crippen LogP contribution in [0, 0.1) is 0 Å². The number of hydrogen-bond acceptors (Lipinski definition) is 4. The molecule has 1 aromatic heterocycles. The number of likely N-dealkylation sites (tertiary alicyclic amines) is 1. The van der Waals surface area contributed by atoms with Gasteiger partial charge in [0.25, 0.3) is 0 Å². The van der Waals surface area contributed by atoms with Crippen molar-refractivity contribution >= 4 is 11.8 Å². The molecule has 0 aromatic carbocycles. The second kappa shape index (κ2) is 5.30. The lowest BCUT2D eigenvalue weighted by atomic mass is 10.0. The maximum atomic E-state index is 11.9. The topological polar surface area (TPSA) is 67.2 Å². The Hall–Kier alpha value is -1.69. The fourth-order valence-corrected chi connectivity index (χ4v) is 2.11. The normalized spacial score (nSPS) is 20.6. The van der Waals surface area contributed by atoms with Crippen LogP contribution in [0.2, 0.25) is 0 Å². The average Bonchev–Trinajstić information content (AvgIpc) is 2.82. The number of hydrogen-bond donors (Lipinski definition) is 1. The van der Waals surface area contributed by atoms with Crippen molar-refractivity contribution in [3.63, 3.8) is 0 Å². The van der Waals surface area contributed by atoms with E-state index in [1.807, 2.05) is 11.5 Å². The summed E-state index contributed by atoms with van der Waals surface area (Å²) in [6.07, 6.45) is 4.56. The van der Waals surface area contributed by atoms with Crippen LogP contribution >= 0.6 is 0 Å². The number of likely N-dealkylation sites (N-methyl/N-ethyl adjacent to an activating group) is 1. The maximum absolute atomic E-state index is 11.9. The second-order valence-corrected chi connectivity index (χ2v) is 4.43. The Kier molecular flexibility index (Phi) is 3.76. The number of rotatable bonds is 4. The zero-order valence-electron chi connectivity index (χ0n) is 10.7. The Morgan fingerprint density at radius 1 is 1.50 bits per heavy atom. The number of imide groups is 1. The predicted octanol–water partition coefficient (Wildman–Crippen LogP) is 0.140. The van der Waals surface area contributed by atoms with Crippen LogP contribution in [-0.4, -0.2) is 39.4 Å². The molecule has 1 atom stereocenters. The van der Waals surface area contributed by atoms with E-state index < -0.39 is 0 Å². The highest BCUT2D eigenvalue weighted by Crippen LogP contribution is 2.12. The lowest BCUT2D eigenvalue weighted by Gasteiger charge is -2.28. The van der Waals surface area contributed by atoms with E-state index in [2.05, 4.69) is 10.3 Å². The summed E-state index contributed by atoms with van der Waals surface area (Å²) in [5.41, 5.74) is 1.05. The molecular weight excluding hydrogens is 232 g/mol. The van der Waals surface area contributed by atoms with Crippen molar-refractivity contribution < 1.29 is 9.59 Å². The van der Waals surface area contributed by atoms with E-state index in [9.17, 15) is 9.59 Å². The molecule has 0 aliphatic carbocycles. The fraction of sp³-hybridized carbons (Fsp3) is 0.583. The highest BCUT2D eigenvalue weighted by atomic mass is 16.2. The van der Waals surface area contributed by atoms with Crippen LogP contribution in [0.3, 0.4) is 0 Å². The van der Waals surface area contributed by atoms with E-state index in [0.717, 1.165) is 12.2 Å². The molecular formula is C12H18N4O2. The molecule has 2 rings (SSSR count). The van der Waals surface area contributed by atoms with Gasteiger partial charge in [-0.1, -0.05) is 0 Å². The Bertz CT molecular complexity index is 455. The Labute approximate surface area is 106 Å². The number of aromatic nitrogens is 2. The van der Waals surface area contributed by atoms with Crippen LogP contribution in [0.5, 0.6) is 0 Å². The van der Waals surface area contributed by atoms with Gasteiger partial charge >= 0.3 is 0 Å². The van der Waals surface area contributed by atoms with Crippen LogP contribution in [-0.2, 0) is 22.7 Å². The van der Waals surface area contributed by atoms with E-state index in [1.54, 1.807) is 12.5 Å². The van der Waals surface area contributed by atoms with Crippen LogP contribution in [0.25, 0.3) is 0 Å². The third kappa shape index (κ3) is 2.43. The van der Waals surface area contributed by atoms with Crippen molar-refractivity contribution in [3.8, 4) is 0 Å². The van der Waals surface area contributed by atoms with Crippen molar-refractivity contribution in [2.75, 3.05) is 7.05 Å². The van der Waals surface area contributed by atoms with Crippen LogP contribution in [0.4, 0.5) is 0 Å². The van der Waals surface area contributed by atoms with Crippen molar-refractivity contribution in [3.05, 3.63) is 18.2 Å². The molecule has 0 bridgehead atoms. The van der Waals surface area contributed by atoms with Crippen molar-refractivity contribution in [1.29, 1.82) is 0 Å². The van der Waals surface area contributed by atoms with Gasteiger partial charge in [-0.15, -0.1) is 0 Å². The van der Waals surface area contributed by atoms with Crippen molar-refractivity contribution in [1.82, 2.24) is 19.8 Å². The maximum Gasteiger partial charge on any atom is 0.246 e. The molecule has 0 saturated carbocycles. The van der Waals surface area contributed by atoms with Gasteiger partial charge in [-0.05, 0) is 13.3 Å². The highest BCUT2D eigenvalue weighted by molar-refractivity contribution is 6.00. The van der Waals surface area contributed by atoms with Gasteiger partial charge in [0, 0.05) is 32.8 Å². The number of imidazole rings is 1. The quantitative estimate of drug-likeness (QED) is 0.772. The number of piperidine rings is 1. The first kappa shape index (κ1) is 12.8. The van der Waals surface area contributed by atoms with Crippen LogP contribution in [0.1, 0.15) is 25.5 Å². The van der Waals surface area contributed by atoms with Gasteiger partial charge in [0.05, 0.1) is 18.1 Å². The molecule has 98 valence electrons. The van der Waals surface area contributed by atoms with E-state index in [4.69, 9.17) is 0 Å². The van der Waals surface area contributed by atoms with E-state index in [0.29, 0.717) is 19.4 Å². The molecule has 2 heterocycles. The SMILES string of the molecule is CCn1cncc1CNC1CCC(=O)N(C)C1=O. The number of aryl methyl sites for hydroxylation is 1. The summed E-state index contributed by atoms with van der Waals surface area (Å²) in [4.78, 5) is 28.5. The minimum atomic E-state index is -0.270. The lowest BCUT2D eigenvalue weighted by molar-refractivity contribution is -0.148. The van der Waals surface area contributed by atoms with Crippen LogP contribution < -0.4 is 5.32 Å². The largest absolute Gasteiger partial charge is 0.334 e. The number of nitrogens with one attached hydrogen (secondary N) is 1. The first-order valence-corrected chi connectivity index (χ1v) is 6.16. The standard InChI is InChI=1S/C12H18N4O2/c1-3-16-8-13-6-9(16)7-14-10-4-5-11(17)15(2)12(10)18/h6,8,10,14H,3-5,7H2,1-2H3. The molecule has 2 amide bonds.